The molecule has 29 unspecified atom stereocenters. The summed E-state index contributed by atoms with van der Waals surface area (Å²) >= 11 is 0. The Labute approximate surface area is 784 Å². The van der Waals surface area contributed by atoms with E-state index in [9.17, 15) is 187 Å². The van der Waals surface area contributed by atoms with Gasteiger partial charge in [0.15, 0.2) is 0 Å². The SMILES string of the molecule is O[SiH]1O[Si]2(O)O[Si]3(O)O[Si](O)(O)O[Si]4(O)O[Si](O)(O1)O[Si](O)(O2)O[Si](O[Si]12O[Si](O)(O)O[Si]5(O)O[Si]6(O)O[SiH](O)O[Si](O)(O1)O[Si](O[Si]17O[SiH](O)O[Si]8(O)O[Si]9(O)O[Si](O)(O)O[Si](O)(O[Si](O)(O9)O[Si](O)(O8)O1)O7)(O6)O[Si](O)(O5)O2)(O3)O4.O[SiH]1O[Si]2(O)O[Si]3(O)O[Si](O)(O)O[Si]4(O)O[Si](O)(O1)O[Si](O[Si]15O[SiH](O)O[Si]6(O)O[Si]7(O)O[Si](O)(O)O[Si](O)(O[Si](O)(O7)O[Si](O)(O6)O1)O5)(O2)O[Si](O)(O3)O4. The Hall–Kier alpha value is 4.80. The largest absolute Gasteiger partial charge is 0.662 e. The summed E-state index contributed by atoms with van der Waals surface area (Å²) in [4.78, 5) is 437. The smallest absolute Gasteiger partial charge is 0.393 e. The second-order valence-electron chi connectivity index (χ2n) is 25.9. The Morgan fingerprint density at radius 2 is 0.197 bits per heavy atom. The van der Waals surface area contributed by atoms with Gasteiger partial charge in [-0.25, -0.2) is 0 Å². The molecule has 137 heavy (non-hydrogen) atoms. The zero-order valence-corrected chi connectivity index (χ0v) is 102. The first-order chi connectivity index (χ1) is 61.4. The summed E-state index contributed by atoms with van der Waals surface area (Å²) in [5.74, 6) is 0. The molecule has 20 rings (SSSR count). The van der Waals surface area contributed by atoms with E-state index in [4.69, 9.17) is 206 Å². The Balaban J connectivity index is 0.000000190. The molecule has 786 valence electrons. The monoisotopic (exact) mass is 2710 g/mol. The van der Waals surface area contributed by atoms with Gasteiger partial charge in [0.2, 0.25) is 0 Å². The lowest BCUT2D eigenvalue weighted by atomic mass is 15.4. The first-order valence-corrected chi connectivity index (χ1v) is 98.7. The second-order valence-corrected chi connectivity index (χ2v) is 114. The van der Waals surface area contributed by atoms with E-state index in [0.717, 1.165) is 0 Å². The van der Waals surface area contributed by atoms with Gasteiger partial charge in [-0.3, -0.25) is 0 Å². The van der Waals surface area contributed by atoms with E-state index in [-0.39, 0.29) is 0 Å². The maximum atomic E-state index is 12.5. The summed E-state index contributed by atoms with van der Waals surface area (Å²) < 4.78 is 288. The fourth-order valence-electron chi connectivity index (χ4n) is 11.6. The molecule has 20 aliphatic heterocycles. The van der Waals surface area contributed by atoms with Crippen LogP contribution < -0.4 is 0 Å². The fraction of sp³-hybridized carbons (Fsp3) is 0. The molecule has 97 nitrogen and oxygen atoms in total. The minimum atomic E-state index is -7.58. The zero-order chi connectivity index (χ0) is 100. The molecule has 0 spiro atoms. The third-order valence-corrected chi connectivity index (χ3v) is 133. The summed E-state index contributed by atoms with van der Waals surface area (Å²) in [6.45, 7) is 0. The molecule has 0 aliphatic carbocycles. The van der Waals surface area contributed by atoms with Crippen molar-refractivity contribution in [1.29, 1.82) is 0 Å². The van der Waals surface area contributed by atoms with Crippen molar-refractivity contribution in [3.63, 3.8) is 0 Å². The molecule has 20 saturated heterocycles. The van der Waals surface area contributed by atoms with Crippen LogP contribution in [0.15, 0.2) is 0 Å². The van der Waals surface area contributed by atoms with Crippen LogP contribution in [0.3, 0.4) is 0 Å². The summed E-state index contributed by atoms with van der Waals surface area (Å²) in [5.41, 5.74) is 0. The molecule has 20 heterocycles. The number of hydrogen-bond acceptors (Lipinski definition) is 97. The van der Waals surface area contributed by atoms with E-state index >= 15 is 0 Å². The standard InChI is InChI=1S/H26O58Si24.H18O39Si16/c1-59-24-65(10)37-72(17)31-63(6,7)32-73(18)38-66(11,25-59)40-76(21,39-65)54-82(52-72,53-73)58-80-35-64(8,9)34-71(16)42-68(13)26-60(2)27-69(14,48-80)49-81(47-68,56-78(23,44-71)55-80)57-79-29-61(3)28-67(12)36-70(15)30-62(4,5)33-74(19,50-79)45-75(20,43-70)46-77(22,41-67)51-79;1-40-17-45(8)27-48(11)21-42(3,4)22-49(12)28-46(9,18-40)35-55(34-45,38-53(16,30-48)31-49)39-54-20-41(2)19-44(7)25-47(10)23-43(5,6)24-50(13,36-54)32-51(14,29-47)33-52(15,26-44)37-54/h1-23,59-61H;1-16,40-41H. The molecule has 137 heteroatoms. The first kappa shape index (κ1) is 110. The van der Waals surface area contributed by atoms with Crippen molar-refractivity contribution in [2.24, 2.45) is 0 Å². The van der Waals surface area contributed by atoms with E-state index in [1.165, 1.54) is 0 Å². The van der Waals surface area contributed by atoms with Crippen molar-refractivity contribution in [3.05, 3.63) is 0 Å². The fourth-order valence-corrected chi connectivity index (χ4v) is 150. The molecular formula is H44O97Si40. The lowest BCUT2D eigenvalue weighted by Crippen LogP contribution is -2.89. The van der Waals surface area contributed by atoms with Crippen LogP contribution >= 0.6 is 0 Å². The molecule has 0 radical (unpaired) electrons. The predicted octanol–water partition coefficient (Wildman–Crippen LogP) is -42.3. The third-order valence-electron chi connectivity index (χ3n) is 14.8. The number of fused-ring (bicyclic) bond motifs is 20. The molecule has 0 amide bonds. The van der Waals surface area contributed by atoms with Gasteiger partial charge in [-0.2, -0.15) is 0 Å². The molecule has 30 bridgehead atoms. The highest BCUT2D eigenvalue weighted by Crippen LogP contribution is 2.53. The molecule has 39 N–H and O–H groups in total. The van der Waals surface area contributed by atoms with Crippen molar-refractivity contribution in [3.8, 4) is 0 Å². The van der Waals surface area contributed by atoms with Gasteiger partial charge in [0.25, 0.3) is 0 Å². The highest BCUT2D eigenvalue weighted by molar-refractivity contribution is 7.03. The van der Waals surface area contributed by atoms with Crippen LogP contribution in [0.5, 0.6) is 0 Å². The topological polar surface area (TPSA) is 1320 Å². The normalized spacial score (nSPS) is 60.2. The van der Waals surface area contributed by atoms with Gasteiger partial charge < -0.3 is 426 Å². The lowest BCUT2D eigenvalue weighted by Gasteiger charge is -2.54. The Kier molecular flexibility index (Phi) is 26.7. The summed E-state index contributed by atoms with van der Waals surface area (Å²) in [6, 6.07) is 0. The van der Waals surface area contributed by atoms with Crippen LogP contribution in [0.4, 0.5) is 0 Å². The van der Waals surface area contributed by atoms with Crippen LogP contribution in [-0.4, -0.2) is 551 Å². The van der Waals surface area contributed by atoms with Gasteiger partial charge in [0, 0.05) is 0 Å². The van der Waals surface area contributed by atoms with Crippen LogP contribution in [0.2, 0.25) is 0 Å². The molecule has 0 aromatic carbocycles. The van der Waals surface area contributed by atoms with E-state index < -0.39 is 364 Å². The Morgan fingerprint density at radius 3 is 0.387 bits per heavy atom. The summed E-state index contributed by atoms with van der Waals surface area (Å²) in [7, 11) is -259. The summed E-state index contributed by atoms with van der Waals surface area (Å²) in [6.07, 6.45) is 0. The average Bonchev–Trinajstić information content (AvgIpc) is 0.701. The molecular weight excluding hydrogens is 2680 g/mol. The van der Waals surface area contributed by atoms with Gasteiger partial charge in [0.1, 0.15) is 0 Å². The van der Waals surface area contributed by atoms with Gasteiger partial charge in [-0.1, -0.05) is 0 Å². The quantitative estimate of drug-likeness (QED) is 0.110. The predicted molar refractivity (Wildman–Crippen MR) is 387 cm³/mol. The minimum absolute atomic E-state index is 4.49. The maximum Gasteiger partial charge on any atom is 0.662 e. The highest BCUT2D eigenvalue weighted by Gasteiger charge is 2.96. The molecule has 0 aromatic rings. The molecule has 0 saturated carbocycles. The Morgan fingerprint density at radius 1 is 0.102 bits per heavy atom. The lowest BCUT2D eigenvalue weighted by molar-refractivity contribution is -0.139. The number of rotatable bonds is 6. The van der Waals surface area contributed by atoms with Crippen LogP contribution in [0.25, 0.3) is 0 Å². The molecule has 29 atom stereocenters. The van der Waals surface area contributed by atoms with Gasteiger partial charge in [-0.15, -0.1) is 0 Å². The van der Waals surface area contributed by atoms with E-state index in [1.54, 1.807) is 0 Å². The zero-order valence-electron chi connectivity index (χ0n) is 61.5. The van der Waals surface area contributed by atoms with Crippen LogP contribution in [-0.2, 0) is 239 Å². The molecule has 20 fully saturated rings. The second kappa shape index (κ2) is 33.2. The van der Waals surface area contributed by atoms with Gasteiger partial charge in [-0.05, 0) is 0 Å². The van der Waals surface area contributed by atoms with Crippen molar-refractivity contribution >= 4 is 364 Å². The highest BCUT2D eigenvalue weighted by atomic mass is 28.7. The Bertz CT molecular complexity index is 4580. The van der Waals surface area contributed by atoms with Gasteiger partial charge in [0.05, 0.1) is 0 Å². The number of hydrogen-bond donors (Lipinski definition) is 39. The van der Waals surface area contributed by atoms with E-state index in [2.05, 4.69) is 32.9 Å². The average molecular weight is 2720 g/mol. The first-order valence-electron chi connectivity index (χ1n) is 32.9. The molecule has 0 aromatic heterocycles. The maximum absolute atomic E-state index is 12.5. The van der Waals surface area contributed by atoms with E-state index in [0.29, 0.717) is 0 Å². The van der Waals surface area contributed by atoms with Crippen molar-refractivity contribution in [2.45, 2.75) is 0 Å². The van der Waals surface area contributed by atoms with E-state index in [1.807, 2.05) is 0 Å². The van der Waals surface area contributed by atoms with Crippen LogP contribution in [0, 0.1) is 0 Å². The third kappa shape index (κ3) is 23.1. The van der Waals surface area contributed by atoms with Crippen LogP contribution in [0.1, 0.15) is 0 Å². The van der Waals surface area contributed by atoms with Crippen molar-refractivity contribution in [2.75, 3.05) is 0 Å². The molecule has 20 aliphatic rings. The summed E-state index contributed by atoms with van der Waals surface area (Å²) in [5, 5.41) is 0. The van der Waals surface area contributed by atoms with Gasteiger partial charge >= 0.3 is 364 Å². The minimum Gasteiger partial charge on any atom is -0.393 e. The van der Waals surface area contributed by atoms with Crippen molar-refractivity contribution < 1.29 is 426 Å². The van der Waals surface area contributed by atoms with Crippen molar-refractivity contribution in [1.82, 2.24) is 0 Å².